The van der Waals surface area contributed by atoms with E-state index in [1.165, 1.54) is 13.8 Å². The van der Waals surface area contributed by atoms with Crippen LogP contribution in [0.3, 0.4) is 0 Å². The molecule has 0 heterocycles. The molecule has 2 fully saturated rings. The van der Waals surface area contributed by atoms with Crippen LogP contribution in [0, 0.1) is 41.4 Å². The Morgan fingerprint density at radius 2 is 1.12 bits per heavy atom. The molecular formula is C43H80N10O12. The SMILES string of the molecule is CCC(CC)C[C@@H]1[C@H](OC(=O)NCCOCCC(C)CCOCCNC(=O)O[C@H]2[C@@H]([C@H](NC(C)=O)C(CC)CC)[C@H](N=C(N)N)C[C@@H]2C(=O)O)[C@@H](C(=O)O)C[C@H]1N=C(N)N.CNC(C)=O. The summed E-state index contributed by atoms with van der Waals surface area (Å²) in [7, 11) is 1.60. The van der Waals surface area contributed by atoms with Gasteiger partial charge < -0.3 is 73.4 Å². The van der Waals surface area contributed by atoms with Gasteiger partial charge in [0.1, 0.15) is 12.2 Å². The van der Waals surface area contributed by atoms with Crippen molar-refractivity contribution in [2.24, 2.45) is 74.3 Å². The second kappa shape index (κ2) is 30.9. The zero-order chi connectivity index (χ0) is 49.2. The maximum atomic E-state index is 13.0. The number of guanidine groups is 2. The highest BCUT2D eigenvalue weighted by Crippen LogP contribution is 2.42. The Hall–Kier alpha value is -5.12. The first-order chi connectivity index (χ1) is 30.7. The third-order valence-corrected chi connectivity index (χ3v) is 12.3. The van der Waals surface area contributed by atoms with Crippen LogP contribution in [0.25, 0.3) is 0 Å². The van der Waals surface area contributed by atoms with E-state index in [1.807, 2.05) is 13.8 Å². The molecule has 2 rings (SSSR count). The van der Waals surface area contributed by atoms with Gasteiger partial charge in [0, 0.05) is 65.1 Å². The Morgan fingerprint density at radius 3 is 1.54 bits per heavy atom. The maximum absolute atomic E-state index is 13.0. The summed E-state index contributed by atoms with van der Waals surface area (Å²) < 4.78 is 22.9. The van der Waals surface area contributed by atoms with Crippen molar-refractivity contribution < 1.29 is 57.9 Å². The van der Waals surface area contributed by atoms with E-state index in [0.29, 0.717) is 38.4 Å². The van der Waals surface area contributed by atoms with E-state index in [-0.39, 0.29) is 80.6 Å². The molecule has 0 aliphatic heterocycles. The number of aliphatic carboxylic acids is 2. The molecule has 0 spiro atoms. The van der Waals surface area contributed by atoms with Crippen molar-refractivity contribution in [1.82, 2.24) is 21.3 Å². The molecule has 14 N–H and O–H groups in total. The third kappa shape index (κ3) is 21.2. The van der Waals surface area contributed by atoms with Crippen molar-refractivity contribution in [1.29, 1.82) is 0 Å². The molecule has 0 bridgehead atoms. The van der Waals surface area contributed by atoms with Crippen LogP contribution in [-0.4, -0.2) is 135 Å². The number of carboxylic acid groups (broad SMARTS) is 2. The first kappa shape index (κ1) is 57.9. The molecule has 0 radical (unpaired) electrons. The van der Waals surface area contributed by atoms with Crippen LogP contribution in [0.1, 0.15) is 106 Å². The third-order valence-electron chi connectivity index (χ3n) is 12.3. The largest absolute Gasteiger partial charge is 0.481 e. The Labute approximate surface area is 383 Å². The van der Waals surface area contributed by atoms with Gasteiger partial charge in [-0.15, -0.1) is 0 Å². The molecule has 0 aromatic carbocycles. The van der Waals surface area contributed by atoms with E-state index in [0.717, 1.165) is 25.7 Å². The predicted molar refractivity (Wildman–Crippen MR) is 244 cm³/mol. The van der Waals surface area contributed by atoms with Crippen LogP contribution in [0.15, 0.2) is 9.98 Å². The fourth-order valence-electron chi connectivity index (χ4n) is 8.61. The topological polar surface area (TPSA) is 357 Å². The summed E-state index contributed by atoms with van der Waals surface area (Å²) in [5.41, 5.74) is 22.7. The Balaban J connectivity index is 0.00000399. The number of ether oxygens (including phenoxy) is 4. The van der Waals surface area contributed by atoms with Gasteiger partial charge >= 0.3 is 24.1 Å². The lowest BCUT2D eigenvalue weighted by atomic mass is 9.80. The van der Waals surface area contributed by atoms with Gasteiger partial charge in [-0.2, -0.15) is 0 Å². The number of nitrogens with one attached hydrogen (secondary N) is 4. The number of alkyl carbamates (subject to hydrolysis) is 2. The van der Waals surface area contributed by atoms with Crippen LogP contribution in [0.2, 0.25) is 0 Å². The summed E-state index contributed by atoms with van der Waals surface area (Å²) in [5, 5.41) is 30.6. The highest BCUT2D eigenvalue weighted by Gasteiger charge is 2.54. The first-order valence-corrected chi connectivity index (χ1v) is 22.9. The average molecular weight is 929 g/mol. The molecule has 374 valence electrons. The second-order valence-electron chi connectivity index (χ2n) is 16.9. The lowest BCUT2D eigenvalue weighted by molar-refractivity contribution is -0.146. The summed E-state index contributed by atoms with van der Waals surface area (Å²) >= 11 is 0. The molecule has 0 aromatic rings. The number of carbonyl (C=O) groups excluding carboxylic acids is 4. The smallest absolute Gasteiger partial charge is 0.407 e. The second-order valence-corrected chi connectivity index (χ2v) is 16.9. The molecule has 10 atom stereocenters. The van der Waals surface area contributed by atoms with Gasteiger partial charge in [0.2, 0.25) is 11.8 Å². The van der Waals surface area contributed by atoms with Gasteiger partial charge in [-0.1, -0.05) is 60.3 Å². The number of nitrogens with zero attached hydrogens (tertiary/aromatic N) is 2. The molecule has 22 nitrogen and oxygen atoms in total. The number of aliphatic imine (C=N–C) groups is 2. The lowest BCUT2D eigenvalue weighted by Gasteiger charge is -2.36. The molecule has 1 unspecified atom stereocenters. The predicted octanol–water partition coefficient (Wildman–Crippen LogP) is 1.87. The fraction of sp³-hybridized carbons (Fsp3) is 0.814. The molecule has 0 aromatic heterocycles. The molecule has 2 aliphatic rings. The summed E-state index contributed by atoms with van der Waals surface area (Å²) in [6.07, 6.45) is 1.95. The van der Waals surface area contributed by atoms with E-state index in [2.05, 4.69) is 52.0 Å². The number of rotatable bonds is 27. The van der Waals surface area contributed by atoms with Crippen LogP contribution < -0.4 is 44.2 Å². The number of carboxylic acids is 2. The normalized spacial score (nSPS) is 23.2. The summed E-state index contributed by atoms with van der Waals surface area (Å²) in [6.45, 7) is 14.6. The zero-order valence-corrected chi connectivity index (χ0v) is 39.7. The number of hydrogen-bond acceptors (Lipinski definition) is 12. The Kier molecular flexibility index (Phi) is 27.5. The summed E-state index contributed by atoms with van der Waals surface area (Å²) in [4.78, 5) is 80.7. The van der Waals surface area contributed by atoms with Crippen molar-refractivity contribution in [3.8, 4) is 0 Å². The number of hydrogen-bond donors (Lipinski definition) is 10. The minimum absolute atomic E-state index is 0.00463. The van der Waals surface area contributed by atoms with E-state index in [1.54, 1.807) is 7.05 Å². The van der Waals surface area contributed by atoms with E-state index < -0.39 is 72.2 Å². The summed E-state index contributed by atoms with van der Waals surface area (Å²) in [5.74, 6) is -5.39. The van der Waals surface area contributed by atoms with Crippen LogP contribution in [0.5, 0.6) is 0 Å². The molecule has 2 saturated carbocycles. The van der Waals surface area contributed by atoms with Gasteiger partial charge in [0.15, 0.2) is 11.9 Å². The molecule has 2 aliphatic carbocycles. The van der Waals surface area contributed by atoms with Crippen molar-refractivity contribution in [3.63, 3.8) is 0 Å². The minimum Gasteiger partial charge on any atom is -0.481 e. The van der Waals surface area contributed by atoms with Crippen molar-refractivity contribution in [3.05, 3.63) is 0 Å². The van der Waals surface area contributed by atoms with Crippen LogP contribution in [0.4, 0.5) is 9.59 Å². The summed E-state index contributed by atoms with van der Waals surface area (Å²) in [6, 6.07) is -1.68. The van der Waals surface area contributed by atoms with Gasteiger partial charge in [0.25, 0.3) is 0 Å². The number of carbonyl (C=O) groups is 6. The van der Waals surface area contributed by atoms with Crippen molar-refractivity contribution >= 4 is 47.9 Å². The standard InChI is InChI=1S/C40H73N9O11.C3H7NO/c1-7-24(8-2)19-26-29(48-37(41)42)20-27(35(51)52)33(26)59-39(55)45-13-17-57-15-11-22(5)12-16-58-18-14-46-40(56)60-34-28(36(53)54)21-30(49-38(43)44)31(34)32(47-23(6)50)25(9-3)10-4;1-3(5)4-2/h22,24-34H,7-21H2,1-6H3,(H,45,55)(H,46,56)(H,47,50)(H,51,52)(H,53,54)(H4,41,42,48)(H4,43,44,49);1-2H3,(H,4,5)/t22?,26-,27-,28-,29+,30+,31+,32+,33-,34+;/m0./s1. The van der Waals surface area contributed by atoms with E-state index in [9.17, 15) is 39.0 Å². The first-order valence-electron chi connectivity index (χ1n) is 22.9. The number of amides is 4. The zero-order valence-electron chi connectivity index (χ0n) is 39.7. The quantitative estimate of drug-likeness (QED) is 0.0319. The molecular weight excluding hydrogens is 849 g/mol. The van der Waals surface area contributed by atoms with Crippen LogP contribution >= 0.6 is 0 Å². The van der Waals surface area contributed by atoms with Gasteiger partial charge in [0.05, 0.1) is 37.1 Å². The van der Waals surface area contributed by atoms with E-state index >= 15 is 0 Å². The number of nitrogens with two attached hydrogens (primary N) is 4. The highest BCUT2D eigenvalue weighted by molar-refractivity contribution is 5.78. The van der Waals surface area contributed by atoms with Crippen LogP contribution in [-0.2, 0) is 38.1 Å². The molecule has 4 amide bonds. The highest BCUT2D eigenvalue weighted by atomic mass is 16.6. The van der Waals surface area contributed by atoms with Gasteiger partial charge in [-0.25, -0.2) is 19.6 Å². The van der Waals surface area contributed by atoms with Gasteiger partial charge in [-0.05, 0) is 49.9 Å². The van der Waals surface area contributed by atoms with Gasteiger partial charge in [-0.3, -0.25) is 19.2 Å². The lowest BCUT2D eigenvalue weighted by Crippen LogP contribution is -2.52. The van der Waals surface area contributed by atoms with Crippen molar-refractivity contribution in [2.45, 2.75) is 137 Å². The van der Waals surface area contributed by atoms with Crippen molar-refractivity contribution in [2.75, 3.05) is 46.6 Å². The average Bonchev–Trinajstić information content (AvgIpc) is 3.75. The molecule has 22 heteroatoms. The minimum atomic E-state index is -1.16. The Morgan fingerprint density at radius 1 is 0.677 bits per heavy atom. The monoisotopic (exact) mass is 929 g/mol. The molecule has 0 saturated heterocycles. The Bertz CT molecular complexity index is 1540. The van der Waals surface area contributed by atoms with E-state index in [4.69, 9.17) is 41.9 Å². The fourth-order valence-corrected chi connectivity index (χ4v) is 8.61. The molecule has 65 heavy (non-hydrogen) atoms. The maximum Gasteiger partial charge on any atom is 0.407 e.